The summed E-state index contributed by atoms with van der Waals surface area (Å²) in [5.41, 5.74) is 1.40. The summed E-state index contributed by atoms with van der Waals surface area (Å²) in [5.74, 6) is 1.76. The summed E-state index contributed by atoms with van der Waals surface area (Å²) in [6.45, 7) is 5.89. The first kappa shape index (κ1) is 23.2. The molecule has 0 aliphatic heterocycles. The zero-order valence-electron chi connectivity index (χ0n) is 18.6. The van der Waals surface area contributed by atoms with E-state index in [0.717, 1.165) is 22.9 Å². The van der Waals surface area contributed by atoms with E-state index in [0.29, 0.717) is 37.7 Å². The van der Waals surface area contributed by atoms with Gasteiger partial charge in [0.2, 0.25) is 11.0 Å². The van der Waals surface area contributed by atoms with E-state index in [-0.39, 0.29) is 23.8 Å². The predicted octanol–water partition coefficient (Wildman–Crippen LogP) is 5.46. The topological polar surface area (TPSA) is 103 Å². The Hall–Kier alpha value is -3.54. The van der Waals surface area contributed by atoms with E-state index >= 15 is 0 Å². The van der Waals surface area contributed by atoms with Crippen LogP contribution in [-0.4, -0.2) is 30.6 Å². The second-order valence-electron chi connectivity index (χ2n) is 7.46. The Morgan fingerprint density at radius 2 is 2.06 bits per heavy atom. The summed E-state index contributed by atoms with van der Waals surface area (Å²) < 4.78 is 11.6. The Labute approximate surface area is 212 Å². The number of anilines is 1. The van der Waals surface area contributed by atoms with Crippen LogP contribution in [-0.2, 0) is 11.3 Å². The third-order valence-corrected chi connectivity index (χ3v) is 7.49. The Morgan fingerprint density at radius 3 is 2.80 bits per heavy atom. The van der Waals surface area contributed by atoms with Crippen LogP contribution >= 0.6 is 34.6 Å². The van der Waals surface area contributed by atoms with Crippen molar-refractivity contribution in [1.29, 1.82) is 0 Å². The third-order valence-electron chi connectivity index (χ3n) is 5.01. The highest BCUT2D eigenvalue weighted by Crippen LogP contribution is 2.33. The Balaban J connectivity index is 1.36. The molecule has 0 unspecified atom stereocenters. The Bertz CT molecular complexity index is 1580. The lowest BCUT2D eigenvalue weighted by atomic mass is 10.2. The van der Waals surface area contributed by atoms with Crippen LogP contribution in [0.25, 0.3) is 32.9 Å². The summed E-state index contributed by atoms with van der Waals surface area (Å²) in [6, 6.07) is 13.3. The number of hydrogen-bond acceptors (Lipinski definition) is 9. The molecule has 176 valence electrons. The van der Waals surface area contributed by atoms with Gasteiger partial charge in [-0.3, -0.25) is 19.5 Å². The summed E-state index contributed by atoms with van der Waals surface area (Å²) in [5, 5.41) is 6.01. The number of thioether (sulfide) groups is 1. The number of furan rings is 1. The first-order valence-electron chi connectivity index (χ1n) is 10.5. The van der Waals surface area contributed by atoms with Crippen molar-refractivity contribution in [2.45, 2.75) is 18.6 Å². The molecule has 0 aliphatic carbocycles. The lowest BCUT2D eigenvalue weighted by Crippen LogP contribution is -2.23. The van der Waals surface area contributed by atoms with Gasteiger partial charge in [-0.2, -0.15) is 9.36 Å². The molecule has 1 aromatic carbocycles. The van der Waals surface area contributed by atoms with Crippen LogP contribution in [0.2, 0.25) is 0 Å². The number of benzene rings is 1. The first-order valence-corrected chi connectivity index (χ1v) is 13.2. The van der Waals surface area contributed by atoms with Gasteiger partial charge in [0, 0.05) is 34.6 Å². The smallest absolute Gasteiger partial charge is 0.263 e. The van der Waals surface area contributed by atoms with Crippen LogP contribution in [0.1, 0.15) is 5.76 Å². The third kappa shape index (κ3) is 4.83. The van der Waals surface area contributed by atoms with Crippen LogP contribution < -0.4 is 10.9 Å². The van der Waals surface area contributed by atoms with E-state index in [1.54, 1.807) is 6.08 Å². The normalized spacial score (nSPS) is 11.1. The number of nitrogens with one attached hydrogen (secondary N) is 1. The van der Waals surface area contributed by atoms with Crippen LogP contribution in [0, 0.1) is 6.92 Å². The maximum Gasteiger partial charge on any atom is 0.263 e. The first-order chi connectivity index (χ1) is 17.0. The summed E-state index contributed by atoms with van der Waals surface area (Å²) in [7, 11) is 0. The zero-order chi connectivity index (χ0) is 24.4. The molecule has 4 aromatic heterocycles. The van der Waals surface area contributed by atoms with Gasteiger partial charge < -0.3 is 4.42 Å². The molecule has 0 aliphatic rings. The number of carbonyl (C=O) groups excluding carboxylic acids is 1. The summed E-state index contributed by atoms with van der Waals surface area (Å²) >= 11 is 3.68. The molecule has 11 heteroatoms. The molecule has 0 atom stereocenters. The van der Waals surface area contributed by atoms with Crippen molar-refractivity contribution in [3.8, 4) is 22.7 Å². The van der Waals surface area contributed by atoms with E-state index in [2.05, 4.69) is 26.2 Å². The highest BCUT2D eigenvalue weighted by atomic mass is 32.2. The molecule has 0 fully saturated rings. The lowest BCUT2D eigenvalue weighted by molar-refractivity contribution is -0.113. The number of hydrogen-bond donors (Lipinski definition) is 1. The Kier molecular flexibility index (Phi) is 6.62. The van der Waals surface area contributed by atoms with Gasteiger partial charge in [-0.25, -0.2) is 4.98 Å². The number of rotatable bonds is 8. The number of carbonyl (C=O) groups is 1. The fraction of sp³-hybridized carbons (Fsp3) is 0.125. The maximum absolute atomic E-state index is 13.4. The average molecular weight is 522 g/mol. The number of aromatic nitrogens is 4. The molecule has 5 rings (SSSR count). The van der Waals surface area contributed by atoms with Gasteiger partial charge in [0.15, 0.2) is 11.0 Å². The molecular weight excluding hydrogens is 502 g/mol. The number of nitrogens with zero attached hydrogens (tertiary/aromatic N) is 4. The minimum absolute atomic E-state index is 0.0605. The van der Waals surface area contributed by atoms with Gasteiger partial charge in [0.1, 0.15) is 16.4 Å². The van der Waals surface area contributed by atoms with Crippen LogP contribution in [0.3, 0.4) is 0 Å². The molecule has 1 N–H and O–H groups in total. The number of thiophene rings is 1. The highest BCUT2D eigenvalue weighted by Gasteiger charge is 2.19. The van der Waals surface area contributed by atoms with E-state index < -0.39 is 0 Å². The van der Waals surface area contributed by atoms with Crippen LogP contribution in [0.4, 0.5) is 5.13 Å². The molecule has 8 nitrogen and oxygen atoms in total. The van der Waals surface area contributed by atoms with Crippen LogP contribution in [0.15, 0.2) is 74.9 Å². The van der Waals surface area contributed by atoms with Crippen molar-refractivity contribution in [3.63, 3.8) is 0 Å². The van der Waals surface area contributed by atoms with Crippen molar-refractivity contribution in [2.24, 2.45) is 0 Å². The van der Waals surface area contributed by atoms with Gasteiger partial charge in [-0.05, 0) is 19.1 Å². The van der Waals surface area contributed by atoms with Gasteiger partial charge in [0.05, 0.1) is 11.1 Å². The molecule has 0 saturated heterocycles. The lowest BCUT2D eigenvalue weighted by Gasteiger charge is -2.10. The average Bonchev–Trinajstić information content (AvgIpc) is 3.60. The number of amides is 1. The Morgan fingerprint density at radius 1 is 1.23 bits per heavy atom. The zero-order valence-corrected chi connectivity index (χ0v) is 21.0. The maximum atomic E-state index is 13.4. The second kappa shape index (κ2) is 9.98. The van der Waals surface area contributed by atoms with Crippen molar-refractivity contribution in [2.75, 3.05) is 11.1 Å². The van der Waals surface area contributed by atoms with Crippen molar-refractivity contribution in [1.82, 2.24) is 18.9 Å². The molecule has 0 saturated carbocycles. The minimum Gasteiger partial charge on any atom is -0.461 e. The van der Waals surface area contributed by atoms with E-state index in [4.69, 9.17) is 4.42 Å². The minimum atomic E-state index is -0.261. The van der Waals surface area contributed by atoms with Gasteiger partial charge in [-0.1, -0.05) is 48.2 Å². The van der Waals surface area contributed by atoms with Crippen molar-refractivity contribution >= 4 is 55.9 Å². The summed E-state index contributed by atoms with van der Waals surface area (Å²) in [4.78, 5) is 35.6. The molecule has 4 heterocycles. The molecule has 35 heavy (non-hydrogen) atoms. The van der Waals surface area contributed by atoms with E-state index in [9.17, 15) is 9.59 Å². The van der Waals surface area contributed by atoms with Gasteiger partial charge in [-0.15, -0.1) is 17.9 Å². The van der Waals surface area contributed by atoms with E-state index in [1.165, 1.54) is 27.7 Å². The largest absolute Gasteiger partial charge is 0.461 e. The molecular formula is C24H19N5O3S3. The van der Waals surface area contributed by atoms with Gasteiger partial charge >= 0.3 is 0 Å². The molecule has 0 spiro atoms. The summed E-state index contributed by atoms with van der Waals surface area (Å²) in [6.07, 6.45) is 1.63. The number of aryl methyl sites for hydroxylation is 1. The predicted molar refractivity (Wildman–Crippen MR) is 141 cm³/mol. The second-order valence-corrected chi connectivity index (χ2v) is 10.0. The van der Waals surface area contributed by atoms with E-state index in [1.807, 2.05) is 54.8 Å². The molecule has 0 bridgehead atoms. The number of allylic oxidation sites excluding steroid dienone is 1. The fourth-order valence-corrected chi connectivity index (χ4v) is 5.81. The highest BCUT2D eigenvalue weighted by molar-refractivity contribution is 7.99. The molecule has 0 radical (unpaired) electrons. The SMILES string of the molecule is C=CCn1c(SCC(=O)Nc2nc(-c3ccccc3)ns2)nc2scc(-c3ccc(C)o3)c2c1=O. The number of fused-ring (bicyclic) bond motifs is 1. The van der Waals surface area contributed by atoms with Crippen molar-refractivity contribution < 1.29 is 9.21 Å². The molecule has 1 amide bonds. The van der Waals surface area contributed by atoms with Gasteiger partial charge in [0.25, 0.3) is 5.56 Å². The quantitative estimate of drug-likeness (QED) is 0.164. The fourth-order valence-electron chi connectivity index (χ4n) is 3.43. The van der Waals surface area contributed by atoms with Crippen molar-refractivity contribution in [3.05, 3.63) is 76.6 Å². The monoisotopic (exact) mass is 521 g/mol. The molecule has 5 aromatic rings. The van der Waals surface area contributed by atoms with Crippen LogP contribution in [0.5, 0.6) is 0 Å². The standard InChI is InChI=1S/C24H19N5O3S3/c1-3-11-29-22(31)19-16(17-10-9-14(2)32-17)12-33-21(19)27-24(29)34-13-18(30)25-23-26-20(28-35-23)15-7-5-4-6-8-15/h3-10,12H,1,11,13H2,2H3,(H,25,26,28,30).